The predicted molar refractivity (Wildman–Crippen MR) is 51.7 cm³/mol. The van der Waals surface area contributed by atoms with Crippen molar-refractivity contribution in [2.45, 2.75) is 6.54 Å². The van der Waals surface area contributed by atoms with E-state index in [0.717, 1.165) is 17.1 Å². The van der Waals surface area contributed by atoms with E-state index in [1.807, 2.05) is 24.4 Å². The van der Waals surface area contributed by atoms with Gasteiger partial charge in [-0.3, -0.25) is 0 Å². The molecular weight excluding hydrogens is 194 g/mol. The first-order valence-electron chi connectivity index (χ1n) is 4.64. The molecule has 1 aliphatic rings. The Kier molecular flexibility index (Phi) is 1.81. The Hall–Kier alpha value is -2.04. The van der Waals surface area contributed by atoms with Crippen molar-refractivity contribution in [1.29, 1.82) is 0 Å². The third-order valence-corrected chi connectivity index (χ3v) is 2.25. The molecule has 0 spiro atoms. The number of benzene rings is 1. The van der Waals surface area contributed by atoms with Crippen molar-refractivity contribution in [1.82, 2.24) is 15.0 Å². The van der Waals surface area contributed by atoms with Crippen LogP contribution in [-0.4, -0.2) is 21.8 Å². The molecule has 5 nitrogen and oxygen atoms in total. The van der Waals surface area contributed by atoms with Crippen LogP contribution < -0.4 is 9.47 Å². The summed E-state index contributed by atoms with van der Waals surface area (Å²) in [5.74, 6) is 1.60. The molecule has 0 N–H and O–H groups in total. The maximum atomic E-state index is 5.29. The summed E-state index contributed by atoms with van der Waals surface area (Å²) in [4.78, 5) is 0. The summed E-state index contributed by atoms with van der Waals surface area (Å²) in [6, 6.07) is 5.87. The molecule has 1 aromatic carbocycles. The molecular formula is C10H9N3O2. The highest BCUT2D eigenvalue weighted by Crippen LogP contribution is 2.32. The van der Waals surface area contributed by atoms with Crippen LogP contribution in [0.15, 0.2) is 30.6 Å². The van der Waals surface area contributed by atoms with E-state index >= 15 is 0 Å². The summed E-state index contributed by atoms with van der Waals surface area (Å²) in [5.41, 5.74) is 1.12. The van der Waals surface area contributed by atoms with Crippen molar-refractivity contribution in [3.05, 3.63) is 36.2 Å². The molecule has 0 amide bonds. The zero-order valence-corrected chi connectivity index (χ0v) is 7.96. The Labute approximate surface area is 86.2 Å². The van der Waals surface area contributed by atoms with Gasteiger partial charge >= 0.3 is 0 Å². The second-order valence-corrected chi connectivity index (χ2v) is 3.29. The van der Waals surface area contributed by atoms with Crippen molar-refractivity contribution in [3.8, 4) is 11.5 Å². The van der Waals surface area contributed by atoms with Crippen LogP contribution in [0.2, 0.25) is 0 Å². The van der Waals surface area contributed by atoms with E-state index in [0.29, 0.717) is 13.3 Å². The van der Waals surface area contributed by atoms with E-state index < -0.39 is 0 Å². The Bertz CT molecular complexity index is 468. The van der Waals surface area contributed by atoms with Crippen LogP contribution >= 0.6 is 0 Å². The monoisotopic (exact) mass is 203 g/mol. The largest absolute Gasteiger partial charge is 0.454 e. The van der Waals surface area contributed by atoms with Gasteiger partial charge in [0.25, 0.3) is 0 Å². The third-order valence-electron chi connectivity index (χ3n) is 2.25. The number of fused-ring (bicyclic) bond motifs is 1. The molecule has 0 aliphatic carbocycles. The SMILES string of the molecule is c1cn(Cc2ccc3c(c2)OCO3)nn1. The molecule has 2 aromatic rings. The number of aromatic nitrogens is 3. The van der Waals surface area contributed by atoms with Gasteiger partial charge in [-0.05, 0) is 17.7 Å². The Balaban J connectivity index is 1.87. The molecule has 1 aliphatic heterocycles. The summed E-state index contributed by atoms with van der Waals surface area (Å²) in [6.45, 7) is 0.999. The van der Waals surface area contributed by atoms with Crippen molar-refractivity contribution in [2.75, 3.05) is 6.79 Å². The molecule has 2 heterocycles. The van der Waals surface area contributed by atoms with Crippen LogP contribution in [0.5, 0.6) is 11.5 Å². The Morgan fingerprint density at radius 2 is 2.20 bits per heavy atom. The number of hydrogen-bond donors (Lipinski definition) is 0. The Morgan fingerprint density at radius 3 is 3.07 bits per heavy atom. The van der Waals surface area contributed by atoms with Crippen LogP contribution in [0.1, 0.15) is 5.56 Å². The van der Waals surface area contributed by atoms with Crippen LogP contribution in [0.25, 0.3) is 0 Å². The quantitative estimate of drug-likeness (QED) is 0.732. The normalized spacial score (nSPS) is 13.1. The number of nitrogens with zero attached hydrogens (tertiary/aromatic N) is 3. The van der Waals surface area contributed by atoms with Gasteiger partial charge in [0, 0.05) is 6.20 Å². The molecule has 0 fully saturated rings. The topological polar surface area (TPSA) is 49.2 Å². The van der Waals surface area contributed by atoms with Crippen molar-refractivity contribution >= 4 is 0 Å². The van der Waals surface area contributed by atoms with Gasteiger partial charge in [0.05, 0.1) is 12.7 Å². The highest BCUT2D eigenvalue weighted by atomic mass is 16.7. The van der Waals surface area contributed by atoms with Gasteiger partial charge in [-0.2, -0.15) is 0 Å². The van der Waals surface area contributed by atoms with Gasteiger partial charge in [0.1, 0.15) is 0 Å². The maximum Gasteiger partial charge on any atom is 0.231 e. The third kappa shape index (κ3) is 1.52. The first-order chi connectivity index (χ1) is 7.42. The van der Waals surface area contributed by atoms with E-state index in [1.54, 1.807) is 10.9 Å². The molecule has 0 saturated carbocycles. The van der Waals surface area contributed by atoms with Crippen molar-refractivity contribution < 1.29 is 9.47 Å². The summed E-state index contributed by atoms with van der Waals surface area (Å²) in [5, 5.41) is 7.65. The minimum absolute atomic E-state index is 0.308. The zero-order valence-electron chi connectivity index (χ0n) is 7.96. The molecule has 0 radical (unpaired) electrons. The molecule has 3 rings (SSSR count). The lowest BCUT2D eigenvalue weighted by molar-refractivity contribution is 0.174. The van der Waals surface area contributed by atoms with Crippen LogP contribution in [0.4, 0.5) is 0 Å². The standard InChI is InChI=1S/C10H9N3O2/c1-2-9-10(15-7-14-9)5-8(1)6-13-4-3-11-12-13/h1-5H,6-7H2. The maximum absolute atomic E-state index is 5.29. The van der Waals surface area contributed by atoms with Gasteiger partial charge in [0.15, 0.2) is 11.5 Å². The molecule has 0 saturated heterocycles. The number of ether oxygens (including phenoxy) is 2. The molecule has 1 aromatic heterocycles. The second kappa shape index (κ2) is 3.27. The minimum atomic E-state index is 0.308. The zero-order chi connectivity index (χ0) is 10.1. The average molecular weight is 203 g/mol. The van der Waals surface area contributed by atoms with Crippen LogP contribution in [-0.2, 0) is 6.54 Å². The van der Waals surface area contributed by atoms with Gasteiger partial charge in [-0.1, -0.05) is 11.3 Å². The van der Waals surface area contributed by atoms with Crippen molar-refractivity contribution in [3.63, 3.8) is 0 Å². The van der Waals surface area contributed by atoms with Crippen molar-refractivity contribution in [2.24, 2.45) is 0 Å². The molecule has 5 heteroatoms. The molecule has 76 valence electrons. The van der Waals surface area contributed by atoms with Gasteiger partial charge in [-0.15, -0.1) is 5.10 Å². The highest BCUT2D eigenvalue weighted by molar-refractivity contribution is 5.44. The van der Waals surface area contributed by atoms with Crippen LogP contribution in [0, 0.1) is 0 Å². The Morgan fingerprint density at radius 1 is 1.27 bits per heavy atom. The summed E-state index contributed by atoms with van der Waals surface area (Å²) < 4.78 is 12.3. The number of rotatable bonds is 2. The number of hydrogen-bond acceptors (Lipinski definition) is 4. The summed E-state index contributed by atoms with van der Waals surface area (Å²) >= 11 is 0. The van der Waals surface area contributed by atoms with E-state index in [-0.39, 0.29) is 0 Å². The fourth-order valence-electron chi connectivity index (χ4n) is 1.54. The first kappa shape index (κ1) is 8.28. The molecule has 0 unspecified atom stereocenters. The average Bonchev–Trinajstić information content (AvgIpc) is 2.87. The summed E-state index contributed by atoms with van der Waals surface area (Å²) in [7, 11) is 0. The van der Waals surface area contributed by atoms with Crippen LogP contribution in [0.3, 0.4) is 0 Å². The second-order valence-electron chi connectivity index (χ2n) is 3.29. The lowest BCUT2D eigenvalue weighted by Crippen LogP contribution is -2.00. The van der Waals surface area contributed by atoms with E-state index in [1.165, 1.54) is 0 Å². The predicted octanol–water partition coefficient (Wildman–Crippen LogP) is 1.06. The molecule has 0 atom stereocenters. The lowest BCUT2D eigenvalue weighted by Gasteiger charge is -2.02. The van der Waals surface area contributed by atoms with Gasteiger partial charge in [-0.25, -0.2) is 4.68 Å². The molecule has 15 heavy (non-hydrogen) atoms. The van der Waals surface area contributed by atoms with E-state index in [4.69, 9.17) is 9.47 Å². The lowest BCUT2D eigenvalue weighted by atomic mass is 10.2. The van der Waals surface area contributed by atoms with E-state index in [2.05, 4.69) is 10.3 Å². The fourth-order valence-corrected chi connectivity index (χ4v) is 1.54. The first-order valence-corrected chi connectivity index (χ1v) is 4.64. The summed E-state index contributed by atoms with van der Waals surface area (Å²) in [6.07, 6.45) is 3.48. The van der Waals surface area contributed by atoms with Gasteiger partial charge in [0.2, 0.25) is 6.79 Å². The minimum Gasteiger partial charge on any atom is -0.454 e. The fraction of sp³-hybridized carbons (Fsp3) is 0.200. The van der Waals surface area contributed by atoms with Gasteiger partial charge < -0.3 is 9.47 Å². The molecule has 0 bridgehead atoms. The van der Waals surface area contributed by atoms with E-state index in [9.17, 15) is 0 Å². The highest BCUT2D eigenvalue weighted by Gasteiger charge is 2.13. The smallest absolute Gasteiger partial charge is 0.231 e.